The van der Waals surface area contributed by atoms with Gasteiger partial charge in [0.15, 0.2) is 0 Å². The highest BCUT2D eigenvalue weighted by Crippen LogP contribution is 2.69. The van der Waals surface area contributed by atoms with Crippen LogP contribution in [0.1, 0.15) is 73.1 Å². The van der Waals surface area contributed by atoms with Crippen molar-refractivity contribution >= 4 is 0 Å². The first-order valence-corrected chi connectivity index (χ1v) is 13.1. The van der Waals surface area contributed by atoms with Gasteiger partial charge in [-0.1, -0.05) is 46.8 Å². The molecule has 0 aromatic rings. The smallest absolute Gasteiger partial charge is 0.0857 e. The number of rotatable bonds is 4. The number of fused-ring (bicyclic) bond motifs is 5. The SMILES string of the molecule is CC(C)C(O)C=CC(C)C1CC(O)C2C1(C)CCC1C3(C)CCC(O)C(O)C3C(O)CC12O. The number of allylic oxidation sites excluding steroid dienone is 1. The molecule has 0 bridgehead atoms. The van der Waals surface area contributed by atoms with E-state index in [-0.39, 0.29) is 41.4 Å². The predicted octanol–water partition coefficient (Wildman–Crippen LogP) is 2.24. The molecule has 4 fully saturated rings. The van der Waals surface area contributed by atoms with Crippen molar-refractivity contribution in [1.82, 2.24) is 0 Å². The van der Waals surface area contributed by atoms with Crippen molar-refractivity contribution in [1.29, 1.82) is 0 Å². The maximum absolute atomic E-state index is 12.3. The molecule has 13 atom stereocenters. The molecule has 6 nitrogen and oxygen atoms in total. The van der Waals surface area contributed by atoms with Gasteiger partial charge in [-0.25, -0.2) is 0 Å². The van der Waals surface area contributed by atoms with Gasteiger partial charge in [0.25, 0.3) is 0 Å². The number of aliphatic hydroxyl groups is 6. The molecule has 0 heterocycles. The molecule has 0 amide bonds. The highest BCUT2D eigenvalue weighted by molar-refractivity contribution is 5.21. The van der Waals surface area contributed by atoms with Gasteiger partial charge in [-0.2, -0.15) is 0 Å². The van der Waals surface area contributed by atoms with E-state index in [1.54, 1.807) is 0 Å². The summed E-state index contributed by atoms with van der Waals surface area (Å²) in [5, 5.41) is 66.1. The normalized spacial score (nSPS) is 54.1. The molecule has 0 aromatic heterocycles. The van der Waals surface area contributed by atoms with Crippen molar-refractivity contribution in [3.05, 3.63) is 12.2 Å². The van der Waals surface area contributed by atoms with Crippen LogP contribution in [-0.2, 0) is 0 Å². The fourth-order valence-corrected chi connectivity index (χ4v) is 9.09. The van der Waals surface area contributed by atoms with Crippen molar-refractivity contribution in [2.75, 3.05) is 0 Å². The molecule has 0 saturated heterocycles. The highest BCUT2D eigenvalue weighted by atomic mass is 16.3. The van der Waals surface area contributed by atoms with Crippen LogP contribution in [-0.4, -0.2) is 66.8 Å². The fourth-order valence-electron chi connectivity index (χ4n) is 9.09. The van der Waals surface area contributed by atoms with Crippen LogP contribution in [0.15, 0.2) is 12.2 Å². The first kappa shape index (κ1) is 25.6. The van der Waals surface area contributed by atoms with Gasteiger partial charge in [0, 0.05) is 18.3 Å². The third-order valence-electron chi connectivity index (χ3n) is 10.7. The number of hydrogen-bond acceptors (Lipinski definition) is 6. The molecular formula is C27H46O6. The minimum atomic E-state index is -1.21. The summed E-state index contributed by atoms with van der Waals surface area (Å²) in [6.45, 7) is 10.4. The Hall–Kier alpha value is -0.500. The van der Waals surface area contributed by atoms with Crippen molar-refractivity contribution in [2.45, 2.75) is 109 Å². The summed E-state index contributed by atoms with van der Waals surface area (Å²) in [5.74, 6) is -0.503. The van der Waals surface area contributed by atoms with E-state index in [0.717, 1.165) is 12.8 Å². The zero-order chi connectivity index (χ0) is 24.5. The van der Waals surface area contributed by atoms with E-state index in [1.807, 2.05) is 19.9 Å². The van der Waals surface area contributed by atoms with E-state index in [9.17, 15) is 30.6 Å². The summed E-state index contributed by atoms with van der Waals surface area (Å²) in [7, 11) is 0. The first-order chi connectivity index (χ1) is 15.3. The Labute approximate surface area is 198 Å². The summed E-state index contributed by atoms with van der Waals surface area (Å²) in [6.07, 6.45) is 3.49. The maximum Gasteiger partial charge on any atom is 0.0857 e. The average Bonchev–Trinajstić information content (AvgIpc) is 3.00. The van der Waals surface area contributed by atoms with Gasteiger partial charge in [0.2, 0.25) is 0 Å². The molecule has 4 aliphatic carbocycles. The van der Waals surface area contributed by atoms with E-state index in [1.165, 1.54) is 0 Å². The van der Waals surface area contributed by atoms with Gasteiger partial charge in [-0.15, -0.1) is 0 Å². The molecule has 190 valence electrons. The summed E-state index contributed by atoms with van der Waals surface area (Å²) in [6, 6.07) is 0. The van der Waals surface area contributed by atoms with Crippen molar-refractivity contribution < 1.29 is 30.6 Å². The Morgan fingerprint density at radius 1 is 0.848 bits per heavy atom. The molecule has 13 unspecified atom stereocenters. The summed E-state index contributed by atoms with van der Waals surface area (Å²) < 4.78 is 0. The Balaban J connectivity index is 1.65. The fraction of sp³-hybridized carbons (Fsp3) is 0.926. The van der Waals surface area contributed by atoms with Crippen LogP contribution >= 0.6 is 0 Å². The monoisotopic (exact) mass is 466 g/mol. The maximum atomic E-state index is 12.3. The second-order valence-corrected chi connectivity index (χ2v) is 12.9. The van der Waals surface area contributed by atoms with Gasteiger partial charge in [-0.05, 0) is 66.6 Å². The van der Waals surface area contributed by atoms with E-state index in [2.05, 4.69) is 26.8 Å². The van der Waals surface area contributed by atoms with Crippen LogP contribution in [0.2, 0.25) is 0 Å². The third-order valence-corrected chi connectivity index (χ3v) is 10.7. The second kappa shape index (κ2) is 8.56. The standard InChI is InChI=1S/C27H46O6/c1-14(2)17(28)7-6-15(3)16-12-19(30)24-25(16,4)11-9-21-26(5)10-8-18(29)23(32)22(26)20(31)13-27(21,24)33/h6-7,14-24,28-33H,8-13H2,1-5H3. The molecule has 0 radical (unpaired) electrons. The first-order valence-electron chi connectivity index (χ1n) is 13.1. The molecule has 4 aliphatic rings. The molecule has 6 N–H and O–H groups in total. The average molecular weight is 467 g/mol. The largest absolute Gasteiger partial charge is 0.393 e. The molecule has 0 aromatic carbocycles. The van der Waals surface area contributed by atoms with Crippen LogP contribution in [0.4, 0.5) is 0 Å². The predicted molar refractivity (Wildman–Crippen MR) is 126 cm³/mol. The second-order valence-electron chi connectivity index (χ2n) is 12.9. The topological polar surface area (TPSA) is 121 Å². The lowest BCUT2D eigenvalue weighted by atomic mass is 9.41. The lowest BCUT2D eigenvalue weighted by Gasteiger charge is -2.66. The minimum Gasteiger partial charge on any atom is -0.393 e. The summed E-state index contributed by atoms with van der Waals surface area (Å²) in [4.78, 5) is 0. The Morgan fingerprint density at radius 2 is 1.48 bits per heavy atom. The lowest BCUT2D eigenvalue weighted by Crippen LogP contribution is -2.70. The molecule has 6 heteroatoms. The van der Waals surface area contributed by atoms with E-state index < -0.39 is 47.5 Å². The Kier molecular flexibility index (Phi) is 6.64. The molecule has 4 rings (SSSR count). The van der Waals surface area contributed by atoms with Crippen LogP contribution in [0.25, 0.3) is 0 Å². The van der Waals surface area contributed by atoms with Gasteiger partial charge < -0.3 is 30.6 Å². The molecule has 0 spiro atoms. The van der Waals surface area contributed by atoms with Crippen LogP contribution in [0, 0.1) is 46.3 Å². The molecule has 0 aliphatic heterocycles. The zero-order valence-electron chi connectivity index (χ0n) is 20.9. The summed E-state index contributed by atoms with van der Waals surface area (Å²) in [5.41, 5.74) is -1.99. The van der Waals surface area contributed by atoms with Crippen LogP contribution in [0.3, 0.4) is 0 Å². The van der Waals surface area contributed by atoms with Crippen LogP contribution < -0.4 is 0 Å². The van der Waals surface area contributed by atoms with E-state index in [0.29, 0.717) is 19.3 Å². The van der Waals surface area contributed by atoms with E-state index in [4.69, 9.17) is 0 Å². The number of hydrogen-bond donors (Lipinski definition) is 6. The lowest BCUT2D eigenvalue weighted by molar-refractivity contribution is -0.280. The van der Waals surface area contributed by atoms with Crippen molar-refractivity contribution in [3.63, 3.8) is 0 Å². The molecule has 4 saturated carbocycles. The Bertz CT molecular complexity index is 755. The van der Waals surface area contributed by atoms with Crippen molar-refractivity contribution in [3.8, 4) is 0 Å². The van der Waals surface area contributed by atoms with Crippen LogP contribution in [0.5, 0.6) is 0 Å². The van der Waals surface area contributed by atoms with Gasteiger partial charge in [0.1, 0.15) is 0 Å². The van der Waals surface area contributed by atoms with Gasteiger partial charge in [0.05, 0.1) is 36.1 Å². The van der Waals surface area contributed by atoms with Crippen molar-refractivity contribution in [2.24, 2.45) is 46.3 Å². The highest BCUT2D eigenvalue weighted by Gasteiger charge is 2.71. The quantitative estimate of drug-likeness (QED) is 0.354. The van der Waals surface area contributed by atoms with Gasteiger partial charge in [-0.3, -0.25) is 0 Å². The zero-order valence-corrected chi connectivity index (χ0v) is 20.9. The molecule has 33 heavy (non-hydrogen) atoms. The Morgan fingerprint density at radius 3 is 2.12 bits per heavy atom. The number of aliphatic hydroxyl groups excluding tert-OH is 5. The van der Waals surface area contributed by atoms with Gasteiger partial charge >= 0.3 is 0 Å². The summed E-state index contributed by atoms with van der Waals surface area (Å²) >= 11 is 0. The van der Waals surface area contributed by atoms with E-state index >= 15 is 0 Å². The third kappa shape index (κ3) is 3.75. The minimum absolute atomic E-state index is 0.127. The molecular weight excluding hydrogens is 420 g/mol.